The Morgan fingerprint density at radius 3 is 2.92 bits per heavy atom. The summed E-state index contributed by atoms with van der Waals surface area (Å²) in [6.45, 7) is -0.0347. The molecule has 1 aromatic carbocycles. The standard InChI is InChI=1S/C19H15ClF2N2O2/c20-14-7-6-12(17-13(14)8-16(22)26-17)10-25-19-15(21)9-23-18(24-19)11-4-2-1-3-5-11/h4,6-9H,1-3,5,10H2. The topological polar surface area (TPSA) is 48.2 Å². The molecule has 0 aliphatic heterocycles. The second kappa shape index (κ2) is 7.03. The Morgan fingerprint density at radius 1 is 1.23 bits per heavy atom. The molecule has 3 aromatic rings. The van der Waals surface area contributed by atoms with Crippen LogP contribution in [-0.2, 0) is 6.61 Å². The van der Waals surface area contributed by atoms with E-state index in [4.69, 9.17) is 20.8 Å². The third-order valence-corrected chi connectivity index (χ3v) is 4.67. The molecule has 0 atom stereocenters. The summed E-state index contributed by atoms with van der Waals surface area (Å²) in [6.07, 6.45) is 7.23. The summed E-state index contributed by atoms with van der Waals surface area (Å²) in [7, 11) is 0. The first-order chi connectivity index (χ1) is 12.6. The van der Waals surface area contributed by atoms with E-state index in [0.29, 0.717) is 21.8 Å². The number of ether oxygens (including phenoxy) is 1. The van der Waals surface area contributed by atoms with E-state index in [-0.39, 0.29) is 18.1 Å². The van der Waals surface area contributed by atoms with E-state index in [9.17, 15) is 8.78 Å². The van der Waals surface area contributed by atoms with E-state index in [1.54, 1.807) is 12.1 Å². The minimum atomic E-state index is -0.742. The second-order valence-corrected chi connectivity index (χ2v) is 6.52. The molecule has 2 aromatic heterocycles. The van der Waals surface area contributed by atoms with E-state index < -0.39 is 11.8 Å². The molecule has 2 heterocycles. The maximum absolute atomic E-state index is 14.0. The normalized spacial score (nSPS) is 14.5. The Labute approximate surface area is 153 Å². The lowest BCUT2D eigenvalue weighted by atomic mass is 9.99. The molecule has 0 unspecified atom stereocenters. The van der Waals surface area contributed by atoms with Gasteiger partial charge in [-0.15, -0.1) is 0 Å². The minimum Gasteiger partial charge on any atom is -0.470 e. The van der Waals surface area contributed by atoms with Crippen LogP contribution in [0.15, 0.2) is 34.9 Å². The maximum Gasteiger partial charge on any atom is 0.278 e. The molecule has 0 saturated heterocycles. The molecular weight excluding hydrogens is 362 g/mol. The molecule has 4 nitrogen and oxygen atoms in total. The van der Waals surface area contributed by atoms with E-state index in [0.717, 1.165) is 37.5 Å². The number of hydrogen-bond donors (Lipinski definition) is 0. The Kier molecular flexibility index (Phi) is 4.59. The first kappa shape index (κ1) is 17.0. The predicted molar refractivity (Wildman–Crippen MR) is 93.9 cm³/mol. The van der Waals surface area contributed by atoms with Gasteiger partial charge < -0.3 is 9.15 Å². The van der Waals surface area contributed by atoms with Gasteiger partial charge in [0, 0.05) is 17.0 Å². The molecule has 0 bridgehead atoms. The lowest BCUT2D eigenvalue weighted by Crippen LogP contribution is -2.05. The molecule has 0 N–H and O–H groups in total. The molecule has 0 fully saturated rings. The van der Waals surface area contributed by atoms with Crippen molar-refractivity contribution in [3.05, 3.63) is 58.7 Å². The average Bonchev–Trinajstić information content (AvgIpc) is 3.06. The molecule has 0 radical (unpaired) electrons. The van der Waals surface area contributed by atoms with Crippen LogP contribution in [0.25, 0.3) is 16.5 Å². The highest BCUT2D eigenvalue weighted by molar-refractivity contribution is 6.35. The van der Waals surface area contributed by atoms with Gasteiger partial charge in [0.25, 0.3) is 11.9 Å². The van der Waals surface area contributed by atoms with Crippen LogP contribution >= 0.6 is 11.6 Å². The van der Waals surface area contributed by atoms with Crippen LogP contribution in [0.4, 0.5) is 8.78 Å². The quantitative estimate of drug-likeness (QED) is 0.586. The number of aromatic nitrogens is 2. The molecule has 134 valence electrons. The summed E-state index contributed by atoms with van der Waals surface area (Å²) >= 11 is 6.04. The van der Waals surface area contributed by atoms with Gasteiger partial charge in [-0.25, -0.2) is 4.98 Å². The van der Waals surface area contributed by atoms with E-state index in [1.165, 1.54) is 6.07 Å². The van der Waals surface area contributed by atoms with Gasteiger partial charge in [0.15, 0.2) is 5.82 Å². The summed E-state index contributed by atoms with van der Waals surface area (Å²) in [5.41, 5.74) is 1.83. The first-order valence-electron chi connectivity index (χ1n) is 8.33. The van der Waals surface area contributed by atoms with Crippen LogP contribution in [0.2, 0.25) is 5.02 Å². The first-order valence-corrected chi connectivity index (χ1v) is 8.71. The fourth-order valence-corrected chi connectivity index (χ4v) is 3.23. The highest BCUT2D eigenvalue weighted by Crippen LogP contribution is 2.30. The molecule has 0 amide bonds. The lowest BCUT2D eigenvalue weighted by Gasteiger charge is -2.13. The number of benzene rings is 1. The number of nitrogens with zero attached hydrogens (tertiary/aromatic N) is 2. The van der Waals surface area contributed by atoms with Crippen molar-refractivity contribution >= 4 is 28.1 Å². The predicted octanol–water partition coefficient (Wildman–Crippen LogP) is 5.69. The number of halogens is 3. The van der Waals surface area contributed by atoms with E-state index >= 15 is 0 Å². The van der Waals surface area contributed by atoms with Crippen molar-refractivity contribution in [1.82, 2.24) is 9.97 Å². The van der Waals surface area contributed by atoms with Crippen LogP contribution in [-0.4, -0.2) is 9.97 Å². The van der Waals surface area contributed by atoms with Crippen molar-refractivity contribution in [2.75, 3.05) is 0 Å². The summed E-state index contributed by atoms with van der Waals surface area (Å²) < 4.78 is 38.0. The fraction of sp³-hybridized carbons (Fsp3) is 0.263. The van der Waals surface area contributed by atoms with Gasteiger partial charge >= 0.3 is 0 Å². The number of hydrogen-bond acceptors (Lipinski definition) is 4. The average molecular weight is 377 g/mol. The maximum atomic E-state index is 14.0. The van der Waals surface area contributed by atoms with Gasteiger partial charge in [-0.05, 0) is 37.3 Å². The zero-order chi connectivity index (χ0) is 18.1. The summed E-state index contributed by atoms with van der Waals surface area (Å²) in [6, 6.07) is 3.73. The Bertz CT molecular complexity index is 1000. The zero-order valence-electron chi connectivity index (χ0n) is 13.8. The molecule has 26 heavy (non-hydrogen) atoms. The van der Waals surface area contributed by atoms with Crippen LogP contribution in [0.3, 0.4) is 0 Å². The second-order valence-electron chi connectivity index (χ2n) is 6.11. The summed E-state index contributed by atoms with van der Waals surface area (Å²) in [4.78, 5) is 8.27. The molecule has 4 rings (SSSR count). The minimum absolute atomic E-state index is 0.0347. The number of allylic oxidation sites excluding steroid dienone is 2. The third-order valence-electron chi connectivity index (χ3n) is 4.34. The summed E-state index contributed by atoms with van der Waals surface area (Å²) in [5, 5.41) is 0.817. The Balaban J connectivity index is 1.60. The van der Waals surface area contributed by atoms with Crippen LogP contribution in [0, 0.1) is 11.8 Å². The molecule has 0 saturated carbocycles. The van der Waals surface area contributed by atoms with Crippen molar-refractivity contribution in [2.45, 2.75) is 32.3 Å². The van der Waals surface area contributed by atoms with E-state index in [2.05, 4.69) is 16.0 Å². The molecular formula is C19H15ClF2N2O2. The van der Waals surface area contributed by atoms with Crippen molar-refractivity contribution in [1.29, 1.82) is 0 Å². The highest BCUT2D eigenvalue weighted by Gasteiger charge is 2.16. The van der Waals surface area contributed by atoms with Crippen LogP contribution in [0.5, 0.6) is 5.88 Å². The van der Waals surface area contributed by atoms with Crippen LogP contribution in [0.1, 0.15) is 37.1 Å². The van der Waals surface area contributed by atoms with E-state index in [1.807, 2.05) is 0 Å². The summed E-state index contributed by atoms with van der Waals surface area (Å²) in [5.74, 6) is -0.316. The van der Waals surface area contributed by atoms with Crippen molar-refractivity contribution in [2.24, 2.45) is 0 Å². The molecule has 0 spiro atoms. The highest BCUT2D eigenvalue weighted by atomic mass is 35.5. The third kappa shape index (κ3) is 3.29. The molecule has 1 aliphatic carbocycles. The number of fused-ring (bicyclic) bond motifs is 1. The van der Waals surface area contributed by atoms with Gasteiger partial charge in [-0.3, -0.25) is 0 Å². The number of rotatable bonds is 4. The zero-order valence-corrected chi connectivity index (χ0v) is 14.5. The van der Waals surface area contributed by atoms with Gasteiger partial charge in [0.05, 0.1) is 11.2 Å². The van der Waals surface area contributed by atoms with Gasteiger partial charge in [0.2, 0.25) is 5.82 Å². The molecule has 1 aliphatic rings. The smallest absolute Gasteiger partial charge is 0.278 e. The SMILES string of the molecule is Fc1cc2c(Cl)ccc(COc3nc(C4=CCCCC4)ncc3F)c2o1. The molecule has 7 heteroatoms. The lowest BCUT2D eigenvalue weighted by molar-refractivity contribution is 0.274. The van der Waals surface area contributed by atoms with Crippen molar-refractivity contribution in [3.63, 3.8) is 0 Å². The Hall–Kier alpha value is -2.47. The largest absolute Gasteiger partial charge is 0.470 e. The van der Waals surface area contributed by atoms with Crippen molar-refractivity contribution < 1.29 is 17.9 Å². The van der Waals surface area contributed by atoms with Crippen LogP contribution < -0.4 is 4.74 Å². The van der Waals surface area contributed by atoms with Gasteiger partial charge in [-0.2, -0.15) is 13.8 Å². The fourth-order valence-electron chi connectivity index (χ4n) is 3.02. The monoisotopic (exact) mass is 376 g/mol. The van der Waals surface area contributed by atoms with Crippen molar-refractivity contribution in [3.8, 4) is 5.88 Å². The van der Waals surface area contributed by atoms with Gasteiger partial charge in [-0.1, -0.05) is 23.7 Å². The number of furan rings is 1. The Morgan fingerprint density at radius 2 is 2.12 bits per heavy atom. The van der Waals surface area contributed by atoms with Gasteiger partial charge in [0.1, 0.15) is 12.2 Å².